The molecule has 1 aliphatic heterocycles. The molecule has 3 unspecified atom stereocenters. The molecule has 0 saturated carbocycles. The van der Waals surface area contributed by atoms with Crippen molar-refractivity contribution in [3.05, 3.63) is 35.9 Å². The zero-order chi connectivity index (χ0) is 22.1. The van der Waals surface area contributed by atoms with Crippen LogP contribution < -0.4 is 15.9 Å². The molecule has 3 amide bonds. The number of likely N-dealkylation sites (tertiary alicyclic amines) is 1. The summed E-state index contributed by atoms with van der Waals surface area (Å²) in [5, 5.41) is 22.8. The summed E-state index contributed by atoms with van der Waals surface area (Å²) in [6, 6.07) is 6.86. The number of nitrogens with one attached hydrogen (secondary N) is 2. The fourth-order valence-corrected chi connectivity index (χ4v) is 3.78. The molecule has 30 heavy (non-hydrogen) atoms. The number of carboxylic acid groups (broad SMARTS) is 1. The molecule has 3 N–H and O–H groups in total. The lowest BCUT2D eigenvalue weighted by molar-refractivity contribution is -0.308. The van der Waals surface area contributed by atoms with E-state index in [1.807, 2.05) is 13.0 Å². The minimum Gasteiger partial charge on any atom is -0.548 e. The molecule has 3 atom stereocenters. The molecule has 164 valence electrons. The molecule has 0 radical (unpaired) electrons. The van der Waals surface area contributed by atoms with Gasteiger partial charge in [0.05, 0.1) is 12.0 Å². The quantitative estimate of drug-likeness (QED) is 0.354. The van der Waals surface area contributed by atoms with Crippen molar-refractivity contribution in [1.29, 1.82) is 0 Å². The van der Waals surface area contributed by atoms with Crippen LogP contribution in [0.4, 0.5) is 0 Å². The van der Waals surface area contributed by atoms with E-state index in [2.05, 4.69) is 5.32 Å². The highest BCUT2D eigenvalue weighted by Gasteiger charge is 2.38. The van der Waals surface area contributed by atoms with Gasteiger partial charge in [-0.3, -0.25) is 19.6 Å². The van der Waals surface area contributed by atoms with Crippen LogP contribution in [0.1, 0.15) is 44.6 Å². The number of carbonyl (C=O) groups excluding carboxylic acids is 4. The second-order valence-corrected chi connectivity index (χ2v) is 7.48. The number of hydrogen-bond acceptors (Lipinski definition) is 6. The first-order valence-electron chi connectivity index (χ1n) is 10.2. The summed E-state index contributed by atoms with van der Waals surface area (Å²) >= 11 is 0. The van der Waals surface area contributed by atoms with Crippen molar-refractivity contribution in [2.75, 3.05) is 6.54 Å². The minimum absolute atomic E-state index is 0.0741. The zero-order valence-corrected chi connectivity index (χ0v) is 17.0. The van der Waals surface area contributed by atoms with E-state index in [-0.39, 0.29) is 18.7 Å². The normalized spacial score (nSPS) is 17.8. The Morgan fingerprint density at radius 2 is 1.93 bits per heavy atom. The summed E-state index contributed by atoms with van der Waals surface area (Å²) in [6.45, 7) is 2.23. The highest BCUT2D eigenvalue weighted by atomic mass is 16.5. The zero-order valence-electron chi connectivity index (χ0n) is 17.0. The van der Waals surface area contributed by atoms with Crippen LogP contribution in [0.2, 0.25) is 0 Å². The number of rotatable bonds is 10. The molecule has 0 bridgehead atoms. The molecule has 1 heterocycles. The first-order valence-corrected chi connectivity index (χ1v) is 10.2. The average molecular weight is 418 g/mol. The third kappa shape index (κ3) is 6.28. The lowest BCUT2D eigenvalue weighted by Crippen LogP contribution is -2.55. The van der Waals surface area contributed by atoms with Gasteiger partial charge >= 0.3 is 0 Å². The number of amides is 3. The van der Waals surface area contributed by atoms with Gasteiger partial charge in [0.2, 0.25) is 17.7 Å². The van der Waals surface area contributed by atoms with Gasteiger partial charge < -0.3 is 20.1 Å². The Labute approximate surface area is 175 Å². The first kappa shape index (κ1) is 23.3. The molecule has 0 spiro atoms. The van der Waals surface area contributed by atoms with E-state index >= 15 is 0 Å². The van der Waals surface area contributed by atoms with Crippen LogP contribution in [0.3, 0.4) is 0 Å². The predicted molar refractivity (Wildman–Crippen MR) is 105 cm³/mol. The minimum atomic E-state index is -1.40. The van der Waals surface area contributed by atoms with Gasteiger partial charge in [-0.1, -0.05) is 43.7 Å². The number of nitrogens with zero attached hydrogens (tertiary/aromatic N) is 1. The summed E-state index contributed by atoms with van der Waals surface area (Å²) in [5.74, 6) is -3.61. The van der Waals surface area contributed by atoms with Gasteiger partial charge in [0, 0.05) is 18.9 Å². The van der Waals surface area contributed by atoms with Gasteiger partial charge in [0.15, 0.2) is 0 Å². The summed E-state index contributed by atoms with van der Waals surface area (Å²) in [6.07, 6.45) is 2.00. The predicted octanol–water partition coefficient (Wildman–Crippen LogP) is -0.233. The maximum Gasteiger partial charge on any atom is 0.244 e. The molecule has 1 aromatic rings. The number of hydroxylamine groups is 1. The molecule has 9 nitrogen and oxygen atoms in total. The fourth-order valence-electron chi connectivity index (χ4n) is 3.78. The van der Waals surface area contributed by atoms with E-state index in [1.54, 1.807) is 24.3 Å². The monoisotopic (exact) mass is 418 g/mol. The Kier molecular flexibility index (Phi) is 8.79. The Hall–Kier alpha value is -2.94. The van der Waals surface area contributed by atoms with Crippen molar-refractivity contribution in [3.63, 3.8) is 0 Å². The van der Waals surface area contributed by atoms with E-state index in [9.17, 15) is 24.3 Å². The molecule has 1 fully saturated rings. The van der Waals surface area contributed by atoms with E-state index in [4.69, 9.17) is 5.21 Å². The van der Waals surface area contributed by atoms with Crippen molar-refractivity contribution >= 4 is 23.7 Å². The Bertz CT molecular complexity index is 754. The topological polar surface area (TPSA) is 139 Å². The Morgan fingerprint density at radius 3 is 2.53 bits per heavy atom. The number of carbonyl (C=O) groups is 4. The molecule has 0 aliphatic carbocycles. The standard InChI is InChI=1S/C21H29N3O6/c1-2-7-15(13-18(25)23-30)20(27)24-11-6-10-17(24)19(26)22-16(21(28)29)12-14-8-4-3-5-9-14/h3-5,8-9,15-17,30H,2,6-7,10-13H2,1H3,(H,22,26)(H,23,25)(H,28,29)/p-1. The van der Waals surface area contributed by atoms with E-state index in [0.29, 0.717) is 32.2 Å². The van der Waals surface area contributed by atoms with Crippen LogP contribution in [0.5, 0.6) is 0 Å². The highest BCUT2D eigenvalue weighted by molar-refractivity contribution is 5.92. The molecular weight excluding hydrogens is 390 g/mol. The summed E-state index contributed by atoms with van der Waals surface area (Å²) in [5.41, 5.74) is 2.27. The Balaban J connectivity index is 2.08. The SMILES string of the molecule is CCCC(CC(=O)NO)C(=O)N1CCCC1C(=O)NC(Cc1ccccc1)C(=O)[O-]. The molecule has 1 aromatic carbocycles. The van der Waals surface area contributed by atoms with E-state index < -0.39 is 35.8 Å². The number of hydrogen-bond donors (Lipinski definition) is 3. The van der Waals surface area contributed by atoms with Crippen molar-refractivity contribution in [2.24, 2.45) is 5.92 Å². The van der Waals surface area contributed by atoms with Gasteiger partial charge in [0.25, 0.3) is 0 Å². The largest absolute Gasteiger partial charge is 0.548 e. The molecular formula is C21H28N3O6-. The molecule has 1 saturated heterocycles. The fraction of sp³-hybridized carbons (Fsp3) is 0.524. The maximum absolute atomic E-state index is 13.0. The molecule has 1 aliphatic rings. The number of aliphatic carboxylic acids is 1. The van der Waals surface area contributed by atoms with Crippen LogP contribution in [-0.2, 0) is 25.6 Å². The van der Waals surface area contributed by atoms with Crippen molar-refractivity contribution < 1.29 is 29.5 Å². The third-order valence-electron chi connectivity index (χ3n) is 5.27. The Morgan fingerprint density at radius 1 is 1.23 bits per heavy atom. The van der Waals surface area contributed by atoms with Crippen LogP contribution in [0, 0.1) is 5.92 Å². The summed E-state index contributed by atoms with van der Waals surface area (Å²) in [7, 11) is 0. The lowest BCUT2D eigenvalue weighted by atomic mass is 9.97. The smallest absolute Gasteiger partial charge is 0.244 e. The maximum atomic E-state index is 13.0. The van der Waals surface area contributed by atoms with Gasteiger partial charge in [-0.2, -0.15) is 0 Å². The molecule has 9 heteroatoms. The van der Waals surface area contributed by atoms with Crippen LogP contribution >= 0.6 is 0 Å². The molecule has 2 rings (SSSR count). The lowest BCUT2D eigenvalue weighted by Gasteiger charge is -2.29. The van der Waals surface area contributed by atoms with Crippen LogP contribution in [0.25, 0.3) is 0 Å². The van der Waals surface area contributed by atoms with Gasteiger partial charge in [0.1, 0.15) is 6.04 Å². The first-order chi connectivity index (χ1) is 14.4. The number of benzene rings is 1. The highest BCUT2D eigenvalue weighted by Crippen LogP contribution is 2.24. The van der Waals surface area contributed by atoms with Crippen LogP contribution in [0.15, 0.2) is 30.3 Å². The van der Waals surface area contributed by atoms with Gasteiger partial charge in [-0.25, -0.2) is 5.48 Å². The number of carboxylic acids is 1. The van der Waals surface area contributed by atoms with Crippen molar-refractivity contribution in [2.45, 2.75) is 57.5 Å². The second kappa shape index (κ2) is 11.3. The third-order valence-corrected chi connectivity index (χ3v) is 5.27. The van der Waals surface area contributed by atoms with Crippen LogP contribution in [-0.4, -0.2) is 52.4 Å². The van der Waals surface area contributed by atoms with Crippen molar-refractivity contribution in [1.82, 2.24) is 15.7 Å². The van der Waals surface area contributed by atoms with Gasteiger partial charge in [-0.05, 0) is 31.2 Å². The van der Waals surface area contributed by atoms with E-state index in [1.165, 1.54) is 10.4 Å². The average Bonchev–Trinajstić information content (AvgIpc) is 3.23. The second-order valence-electron chi connectivity index (χ2n) is 7.48. The summed E-state index contributed by atoms with van der Waals surface area (Å²) < 4.78 is 0. The van der Waals surface area contributed by atoms with E-state index in [0.717, 1.165) is 5.56 Å². The van der Waals surface area contributed by atoms with Gasteiger partial charge in [-0.15, -0.1) is 0 Å². The van der Waals surface area contributed by atoms with Crippen molar-refractivity contribution in [3.8, 4) is 0 Å². The summed E-state index contributed by atoms with van der Waals surface area (Å²) in [4.78, 5) is 50.3. The molecule has 0 aromatic heterocycles.